The van der Waals surface area contributed by atoms with Gasteiger partial charge in [0.25, 0.3) is 5.56 Å². The number of thiocarbonyl (C=S) groups is 1. The molecule has 1 aromatic heterocycles. The molecule has 0 saturated carbocycles. The van der Waals surface area contributed by atoms with Crippen LogP contribution >= 0.6 is 12.2 Å². The Kier molecular flexibility index (Phi) is 11.1. The van der Waals surface area contributed by atoms with Crippen molar-refractivity contribution in [3.63, 3.8) is 0 Å². The summed E-state index contributed by atoms with van der Waals surface area (Å²) in [7, 11) is 1.65. The number of H-pyrrole nitrogens is 1. The third-order valence-corrected chi connectivity index (χ3v) is 11.7. The Bertz CT molecular complexity index is 2450. The number of hydrogen-bond acceptors (Lipinski definition) is 7. The molecule has 2 heterocycles. The van der Waals surface area contributed by atoms with Crippen molar-refractivity contribution in [3.8, 4) is 16.9 Å². The molecule has 0 bridgehead atoms. The fraction of sp³-hybridized carbons (Fsp3) is 0.234. The van der Waals surface area contributed by atoms with Gasteiger partial charge in [-0.25, -0.2) is 9.59 Å². The van der Waals surface area contributed by atoms with Gasteiger partial charge in [-0.05, 0) is 83.1 Å². The number of rotatable bonds is 11. The van der Waals surface area contributed by atoms with E-state index in [1.54, 1.807) is 14.0 Å². The van der Waals surface area contributed by atoms with E-state index in [0.29, 0.717) is 24.8 Å². The van der Waals surface area contributed by atoms with Crippen molar-refractivity contribution in [2.45, 2.75) is 55.9 Å². The van der Waals surface area contributed by atoms with Crippen LogP contribution in [0.25, 0.3) is 11.1 Å². The average Bonchev–Trinajstić information content (AvgIpc) is 3.80. The smallest absolute Gasteiger partial charge is 0.413 e. The van der Waals surface area contributed by atoms with Crippen LogP contribution in [0.1, 0.15) is 64.8 Å². The molecule has 8 rings (SSSR count). The molecule has 5 aromatic carbocycles. The van der Waals surface area contributed by atoms with Gasteiger partial charge < -0.3 is 19.5 Å². The Morgan fingerprint density at radius 2 is 1.40 bits per heavy atom. The first kappa shape index (κ1) is 38.6. The van der Waals surface area contributed by atoms with Crippen LogP contribution in [0.4, 0.5) is 4.79 Å². The van der Waals surface area contributed by atoms with Crippen LogP contribution in [-0.4, -0.2) is 46.6 Å². The second-order valence-corrected chi connectivity index (χ2v) is 15.2. The van der Waals surface area contributed by atoms with Crippen molar-refractivity contribution in [3.05, 3.63) is 194 Å². The molecule has 1 aliphatic carbocycles. The minimum Gasteiger partial charge on any atom is -0.497 e. The molecule has 6 aromatic rings. The van der Waals surface area contributed by atoms with Gasteiger partial charge in [-0.1, -0.05) is 121 Å². The average molecular weight is 793 g/mol. The highest BCUT2D eigenvalue weighted by atomic mass is 32.1. The molecule has 3 atom stereocenters. The van der Waals surface area contributed by atoms with Gasteiger partial charge in [-0.15, -0.1) is 0 Å². The summed E-state index contributed by atoms with van der Waals surface area (Å²) in [6.45, 7) is 1.79. The number of aryl methyl sites for hydroxylation is 1. The maximum absolute atomic E-state index is 13.3. The van der Waals surface area contributed by atoms with Gasteiger partial charge in [0, 0.05) is 29.5 Å². The maximum Gasteiger partial charge on any atom is 0.413 e. The van der Waals surface area contributed by atoms with Crippen LogP contribution in [0, 0.1) is 6.92 Å². The van der Waals surface area contributed by atoms with E-state index in [1.807, 2.05) is 72.8 Å². The van der Waals surface area contributed by atoms with Gasteiger partial charge in [-0.3, -0.25) is 19.7 Å². The summed E-state index contributed by atoms with van der Waals surface area (Å²) in [6.07, 6.45) is 1.11. The van der Waals surface area contributed by atoms with Gasteiger partial charge in [0.2, 0.25) is 0 Å². The summed E-state index contributed by atoms with van der Waals surface area (Å²) >= 11 is 5.72. The van der Waals surface area contributed by atoms with E-state index >= 15 is 0 Å². The predicted molar refractivity (Wildman–Crippen MR) is 227 cm³/mol. The van der Waals surface area contributed by atoms with E-state index in [0.717, 1.165) is 44.7 Å². The minimum absolute atomic E-state index is 0.0778. The first-order chi connectivity index (χ1) is 28.2. The Hall–Kier alpha value is -6.30. The fourth-order valence-electron chi connectivity index (χ4n) is 8.67. The number of aromatic nitrogens is 2. The molecule has 1 amide bonds. The van der Waals surface area contributed by atoms with Crippen molar-refractivity contribution in [1.82, 2.24) is 20.2 Å². The third kappa shape index (κ3) is 7.58. The van der Waals surface area contributed by atoms with Crippen LogP contribution in [0.3, 0.4) is 0 Å². The SMILES string of the molecule is COc1ccc(C(CC[C@H]2O[C@@H](n3cc(C)c(=O)[nH]c3=O)C[C@H]2NC(=S)NC(=O)OCC2c3ccccc3-c3ccccc32)(c2ccccc2)c2ccccc2)cc1. The highest BCUT2D eigenvalue weighted by Crippen LogP contribution is 2.46. The number of carbonyl (C=O) groups excluding carboxylic acids is 1. The van der Waals surface area contributed by atoms with Gasteiger partial charge >= 0.3 is 11.8 Å². The molecule has 1 fully saturated rings. The molecule has 294 valence electrons. The molecule has 1 saturated heterocycles. The lowest BCUT2D eigenvalue weighted by atomic mass is 9.66. The van der Waals surface area contributed by atoms with E-state index in [2.05, 4.69) is 76.3 Å². The first-order valence-corrected chi connectivity index (χ1v) is 19.8. The lowest BCUT2D eigenvalue weighted by Gasteiger charge is -2.37. The summed E-state index contributed by atoms with van der Waals surface area (Å²) in [4.78, 5) is 41.1. The number of amides is 1. The number of aromatic amines is 1. The molecule has 58 heavy (non-hydrogen) atoms. The number of hydrogen-bond donors (Lipinski definition) is 3. The molecule has 3 N–H and O–H groups in total. The zero-order valence-corrected chi connectivity index (χ0v) is 33.0. The van der Waals surface area contributed by atoms with E-state index < -0.39 is 41.1 Å². The van der Waals surface area contributed by atoms with Gasteiger partial charge in [0.1, 0.15) is 18.6 Å². The largest absolute Gasteiger partial charge is 0.497 e. The van der Waals surface area contributed by atoms with Crippen LogP contribution < -0.4 is 26.6 Å². The van der Waals surface area contributed by atoms with Gasteiger partial charge in [-0.2, -0.15) is 0 Å². The third-order valence-electron chi connectivity index (χ3n) is 11.5. The van der Waals surface area contributed by atoms with Crippen molar-refractivity contribution in [2.75, 3.05) is 13.7 Å². The van der Waals surface area contributed by atoms with Crippen LogP contribution in [-0.2, 0) is 14.9 Å². The molecule has 1 aliphatic heterocycles. The second kappa shape index (κ2) is 16.7. The van der Waals surface area contributed by atoms with Crippen molar-refractivity contribution in [2.24, 2.45) is 0 Å². The number of nitrogens with zero attached hydrogens (tertiary/aromatic N) is 1. The lowest BCUT2D eigenvalue weighted by Crippen LogP contribution is -2.48. The zero-order valence-electron chi connectivity index (χ0n) is 32.2. The molecular formula is C47H44N4O6S. The predicted octanol–water partition coefficient (Wildman–Crippen LogP) is 7.74. The minimum atomic E-state index is -0.716. The molecule has 0 unspecified atom stereocenters. The van der Waals surface area contributed by atoms with Crippen LogP contribution in [0.2, 0.25) is 0 Å². The fourth-order valence-corrected chi connectivity index (χ4v) is 8.90. The summed E-state index contributed by atoms with van der Waals surface area (Å²) < 4.78 is 19.5. The van der Waals surface area contributed by atoms with Crippen LogP contribution in [0.5, 0.6) is 5.75 Å². The number of benzene rings is 5. The maximum atomic E-state index is 13.3. The molecule has 0 radical (unpaired) electrons. The highest BCUT2D eigenvalue weighted by Gasteiger charge is 2.42. The van der Waals surface area contributed by atoms with Crippen molar-refractivity contribution in [1.29, 1.82) is 0 Å². The van der Waals surface area contributed by atoms with E-state index in [-0.39, 0.29) is 17.6 Å². The molecule has 0 spiro atoms. The number of fused-ring (bicyclic) bond motifs is 3. The molecule has 2 aliphatic rings. The number of carbonyl (C=O) groups is 1. The topological polar surface area (TPSA) is 124 Å². The number of methoxy groups -OCH3 is 1. The number of nitrogens with one attached hydrogen (secondary N) is 3. The summed E-state index contributed by atoms with van der Waals surface area (Å²) in [5, 5.41) is 6.12. The van der Waals surface area contributed by atoms with Crippen LogP contribution in [0.15, 0.2) is 149 Å². The lowest BCUT2D eigenvalue weighted by molar-refractivity contribution is -0.00940. The Balaban J connectivity index is 1.05. The summed E-state index contributed by atoms with van der Waals surface area (Å²) in [6, 6.07) is 44.8. The van der Waals surface area contributed by atoms with Crippen molar-refractivity contribution < 1.29 is 19.0 Å². The van der Waals surface area contributed by atoms with E-state index in [1.165, 1.54) is 10.8 Å². The summed E-state index contributed by atoms with van der Waals surface area (Å²) in [5.41, 5.74) is 6.53. The van der Waals surface area contributed by atoms with E-state index in [9.17, 15) is 14.4 Å². The van der Waals surface area contributed by atoms with E-state index in [4.69, 9.17) is 26.4 Å². The van der Waals surface area contributed by atoms with Crippen molar-refractivity contribution >= 4 is 23.4 Å². The molecular weight excluding hydrogens is 749 g/mol. The molecule has 10 nitrogen and oxygen atoms in total. The highest BCUT2D eigenvalue weighted by molar-refractivity contribution is 7.80. The number of ether oxygens (including phenoxy) is 3. The first-order valence-electron chi connectivity index (χ1n) is 19.4. The quantitative estimate of drug-likeness (QED) is 0.0900. The zero-order chi connectivity index (χ0) is 40.2. The normalized spacial score (nSPS) is 17.2. The Labute approximate surface area is 341 Å². The van der Waals surface area contributed by atoms with Gasteiger partial charge in [0.05, 0.1) is 19.3 Å². The Morgan fingerprint density at radius 3 is 2.00 bits per heavy atom. The molecule has 11 heteroatoms. The second-order valence-electron chi connectivity index (χ2n) is 14.8. The van der Waals surface area contributed by atoms with Gasteiger partial charge in [0.15, 0.2) is 5.11 Å². The summed E-state index contributed by atoms with van der Waals surface area (Å²) in [5.74, 6) is 0.649. The number of alkyl carbamates (subject to hydrolysis) is 1. The Morgan fingerprint density at radius 1 is 0.828 bits per heavy atom. The standard InChI is InChI=1S/C47H44N4O6S/c1-30-28-51(45(53)49-43(30)52)42-27-40(48-44(58)50-46(54)56-29-39-37-19-11-9-17-35(37)36-18-10-12-20-38(36)39)41(57-42)25-26-47(31-13-5-3-6-14-31,32-15-7-4-8-16-32)33-21-23-34(55-2)24-22-33/h3-24,28,39-42H,25-27,29H2,1-2H3,(H,49,52,53)(H2,48,50,54,58)/t40-,41-,42-/m1/s1. The monoisotopic (exact) mass is 792 g/mol.